The first-order valence-electron chi connectivity index (χ1n) is 11.1. The Morgan fingerprint density at radius 1 is 0.467 bits per heavy atom. The highest BCUT2D eigenvalue weighted by molar-refractivity contribution is 5.52. The third-order valence-electron chi connectivity index (χ3n) is 5.22. The highest BCUT2D eigenvalue weighted by atomic mass is 14.3. The molecule has 0 bridgehead atoms. The molecule has 0 heterocycles. The number of rotatable bonds is 6. The first-order chi connectivity index (χ1) is 14.1. The van der Waals surface area contributed by atoms with E-state index < -0.39 is 0 Å². The minimum absolute atomic E-state index is 0.221. The fraction of sp³-hybridized carbons (Fsp3) is 0.333. The molecule has 0 saturated carbocycles. The van der Waals surface area contributed by atoms with Crippen LogP contribution < -0.4 is 0 Å². The van der Waals surface area contributed by atoms with Gasteiger partial charge in [0.25, 0.3) is 0 Å². The molecule has 0 fully saturated rings. The maximum Gasteiger partial charge on any atom is -0.0407 e. The maximum absolute atomic E-state index is 2.40. The topological polar surface area (TPSA) is 0 Å². The zero-order valence-corrected chi connectivity index (χ0v) is 19.5. The summed E-state index contributed by atoms with van der Waals surface area (Å²) < 4.78 is 0. The lowest BCUT2D eigenvalue weighted by atomic mass is 9.75. The predicted molar refractivity (Wildman–Crippen MR) is 130 cm³/mol. The molecule has 3 aromatic rings. The average molecular weight is 397 g/mol. The van der Waals surface area contributed by atoms with Crippen LogP contribution in [-0.4, -0.2) is 0 Å². The number of hydrogen-bond donors (Lipinski definition) is 0. The van der Waals surface area contributed by atoms with Crippen LogP contribution in [0.15, 0.2) is 84.9 Å². The number of benzene rings is 3. The van der Waals surface area contributed by atoms with E-state index in [1.54, 1.807) is 0 Å². The lowest BCUT2D eigenvalue weighted by Gasteiger charge is -2.35. The summed E-state index contributed by atoms with van der Waals surface area (Å²) in [6.07, 6.45) is 2.08. The van der Waals surface area contributed by atoms with Crippen LogP contribution in [0.5, 0.6) is 0 Å². The molecule has 3 rings (SSSR count). The fourth-order valence-corrected chi connectivity index (χ4v) is 3.98. The third kappa shape index (κ3) is 6.20. The largest absolute Gasteiger partial charge is 0.129 e. The molecule has 30 heavy (non-hydrogen) atoms. The van der Waals surface area contributed by atoms with E-state index in [-0.39, 0.29) is 10.8 Å². The summed E-state index contributed by atoms with van der Waals surface area (Å²) in [5.74, 6) is 2.85. The van der Waals surface area contributed by atoms with Crippen LogP contribution in [0.2, 0.25) is 0 Å². The summed E-state index contributed by atoms with van der Waals surface area (Å²) in [4.78, 5) is 0. The van der Waals surface area contributed by atoms with Crippen LogP contribution in [0.4, 0.5) is 0 Å². The van der Waals surface area contributed by atoms with Crippen molar-refractivity contribution in [1.82, 2.24) is 0 Å². The van der Waals surface area contributed by atoms with E-state index in [1.165, 1.54) is 34.1 Å². The van der Waals surface area contributed by atoms with Crippen LogP contribution in [0.25, 0.3) is 0 Å². The van der Waals surface area contributed by atoms with Gasteiger partial charge < -0.3 is 0 Å². The summed E-state index contributed by atoms with van der Waals surface area (Å²) in [5, 5.41) is 0. The van der Waals surface area contributed by atoms with Crippen molar-refractivity contribution in [1.29, 1.82) is 0 Å². The average Bonchev–Trinajstić information content (AvgIpc) is 2.70. The van der Waals surface area contributed by atoms with Crippen LogP contribution in [0.3, 0.4) is 0 Å². The second-order valence-corrected chi connectivity index (χ2v) is 10.7. The van der Waals surface area contributed by atoms with Gasteiger partial charge in [-0.25, -0.2) is 0 Å². The molecule has 0 N–H and O–H groups in total. The number of hydrogen-bond acceptors (Lipinski definition) is 0. The van der Waals surface area contributed by atoms with Gasteiger partial charge in [0.2, 0.25) is 0 Å². The van der Waals surface area contributed by atoms with E-state index in [1.807, 2.05) is 0 Å². The molecule has 0 saturated heterocycles. The van der Waals surface area contributed by atoms with Crippen LogP contribution >= 0.6 is 0 Å². The molecule has 0 atom stereocenters. The minimum atomic E-state index is 0.221. The van der Waals surface area contributed by atoms with Gasteiger partial charge in [0.1, 0.15) is 0 Å². The van der Waals surface area contributed by atoms with Crippen molar-refractivity contribution >= 4 is 0 Å². The summed E-state index contributed by atoms with van der Waals surface area (Å²) in [6.45, 7) is 13.9. The SMILES string of the molecule is CC(C)(C)C[C-](c1ccccc1)c1cccc([C-](CC(C)(C)C)c2ccccc2)c1. The molecule has 0 aliphatic rings. The van der Waals surface area contributed by atoms with Gasteiger partial charge >= 0.3 is 0 Å². The smallest absolute Gasteiger partial charge is 0.0407 e. The van der Waals surface area contributed by atoms with Crippen molar-refractivity contribution in [2.24, 2.45) is 10.8 Å². The van der Waals surface area contributed by atoms with Crippen molar-refractivity contribution in [2.75, 3.05) is 0 Å². The molecular weight excluding hydrogens is 360 g/mol. The van der Waals surface area contributed by atoms with E-state index in [0.29, 0.717) is 0 Å². The summed E-state index contributed by atoms with van der Waals surface area (Å²) in [7, 11) is 0. The van der Waals surface area contributed by atoms with E-state index in [2.05, 4.69) is 126 Å². The first kappa shape index (κ1) is 22.1. The molecule has 0 aromatic heterocycles. The normalized spacial score (nSPS) is 11.9. The van der Waals surface area contributed by atoms with Gasteiger partial charge in [0.05, 0.1) is 0 Å². The van der Waals surface area contributed by atoms with Crippen molar-refractivity contribution in [2.45, 2.75) is 54.4 Å². The molecular formula is C30H36-2. The highest BCUT2D eigenvalue weighted by Gasteiger charge is 2.20. The lowest BCUT2D eigenvalue weighted by Crippen LogP contribution is -2.16. The maximum atomic E-state index is 2.40. The van der Waals surface area contributed by atoms with Gasteiger partial charge in [-0.3, -0.25) is 0 Å². The van der Waals surface area contributed by atoms with Crippen LogP contribution in [0, 0.1) is 22.7 Å². The predicted octanol–water partition coefficient (Wildman–Crippen LogP) is 8.50. The van der Waals surface area contributed by atoms with E-state index in [9.17, 15) is 0 Å². The van der Waals surface area contributed by atoms with Crippen molar-refractivity contribution in [3.05, 3.63) is 119 Å². The van der Waals surface area contributed by atoms with Gasteiger partial charge in [-0.1, -0.05) is 90.8 Å². The Morgan fingerprint density at radius 3 is 1.13 bits per heavy atom. The van der Waals surface area contributed by atoms with Gasteiger partial charge in [-0.15, -0.1) is 82.6 Å². The Kier molecular flexibility index (Phi) is 6.66. The zero-order valence-electron chi connectivity index (χ0n) is 19.5. The van der Waals surface area contributed by atoms with Crippen LogP contribution in [-0.2, 0) is 0 Å². The second-order valence-electron chi connectivity index (χ2n) is 10.7. The second kappa shape index (κ2) is 9.04. The minimum Gasteiger partial charge on any atom is -0.129 e. The standard InChI is InChI=1S/C30H36/c1-29(2,3)21-27(23-14-9-7-10-15-23)25-18-13-19-26(20-25)28(22-30(4,5)6)24-16-11-8-12-17-24/h7-20H,21-22H2,1-6H3/q-2. The molecule has 0 amide bonds. The van der Waals surface area contributed by atoms with Gasteiger partial charge in [-0.2, -0.15) is 0 Å². The Bertz CT molecular complexity index is 833. The van der Waals surface area contributed by atoms with Crippen LogP contribution in [0.1, 0.15) is 76.6 Å². The summed E-state index contributed by atoms with van der Waals surface area (Å²) in [6, 6.07) is 30.9. The van der Waals surface area contributed by atoms with E-state index in [4.69, 9.17) is 0 Å². The Balaban J connectivity index is 2.05. The van der Waals surface area contributed by atoms with Gasteiger partial charge in [0, 0.05) is 0 Å². The van der Waals surface area contributed by atoms with Gasteiger partial charge in [0.15, 0.2) is 0 Å². The molecule has 0 heteroatoms. The Morgan fingerprint density at radius 2 is 0.800 bits per heavy atom. The zero-order chi connectivity index (χ0) is 21.8. The van der Waals surface area contributed by atoms with Crippen molar-refractivity contribution in [3.8, 4) is 0 Å². The van der Waals surface area contributed by atoms with E-state index >= 15 is 0 Å². The molecule has 0 nitrogen and oxygen atoms in total. The molecule has 0 unspecified atom stereocenters. The summed E-state index contributed by atoms with van der Waals surface area (Å²) >= 11 is 0. The molecule has 3 aromatic carbocycles. The highest BCUT2D eigenvalue weighted by Crippen LogP contribution is 2.39. The lowest BCUT2D eigenvalue weighted by molar-refractivity contribution is 0.396. The molecule has 0 aliphatic carbocycles. The Hall–Kier alpha value is -2.60. The first-order valence-corrected chi connectivity index (χ1v) is 11.1. The van der Waals surface area contributed by atoms with E-state index in [0.717, 1.165) is 12.8 Å². The monoisotopic (exact) mass is 396 g/mol. The summed E-state index contributed by atoms with van der Waals surface area (Å²) in [5.41, 5.74) is 5.74. The molecule has 0 radical (unpaired) electrons. The van der Waals surface area contributed by atoms with Crippen molar-refractivity contribution in [3.63, 3.8) is 0 Å². The van der Waals surface area contributed by atoms with Gasteiger partial charge in [-0.05, 0) is 10.8 Å². The Labute approximate surface area is 184 Å². The molecule has 0 spiro atoms. The quantitative estimate of drug-likeness (QED) is 0.366. The molecule has 158 valence electrons. The third-order valence-corrected chi connectivity index (χ3v) is 5.22. The van der Waals surface area contributed by atoms with Crippen molar-refractivity contribution < 1.29 is 0 Å². The fourth-order valence-electron chi connectivity index (χ4n) is 3.98. The molecule has 0 aliphatic heterocycles.